The molecule has 0 atom stereocenters. The molecule has 0 aliphatic carbocycles. The first kappa shape index (κ1) is 14.4. The molecule has 20 heavy (non-hydrogen) atoms. The third-order valence-corrected chi connectivity index (χ3v) is 3.23. The van der Waals surface area contributed by atoms with Crippen molar-refractivity contribution in [1.82, 2.24) is 0 Å². The van der Waals surface area contributed by atoms with Crippen molar-refractivity contribution in [2.24, 2.45) is 9.98 Å². The van der Waals surface area contributed by atoms with Crippen LogP contribution in [0.5, 0.6) is 0 Å². The first-order valence-electron chi connectivity index (χ1n) is 6.81. The number of hydrogen-bond acceptors (Lipinski definition) is 4. The number of benzene rings is 1. The Balaban J connectivity index is 2.52. The lowest BCUT2D eigenvalue weighted by Gasteiger charge is -2.29. The Kier molecular flexibility index (Phi) is 4.02. The molecule has 0 amide bonds. The topological polar surface area (TPSA) is 51.0 Å². The highest BCUT2D eigenvalue weighted by atomic mass is 16.5. The van der Waals surface area contributed by atoms with Crippen LogP contribution in [0, 0.1) is 0 Å². The highest BCUT2D eigenvalue weighted by Crippen LogP contribution is 2.27. The van der Waals surface area contributed by atoms with E-state index in [2.05, 4.69) is 24.9 Å². The Morgan fingerprint density at radius 2 is 2.10 bits per heavy atom. The number of hydrogen-bond donors (Lipinski definition) is 0. The molecule has 0 aromatic heterocycles. The van der Waals surface area contributed by atoms with Crippen LogP contribution in [0.1, 0.15) is 31.9 Å². The third-order valence-electron chi connectivity index (χ3n) is 3.23. The average molecular weight is 272 g/mol. The van der Waals surface area contributed by atoms with Gasteiger partial charge in [0, 0.05) is 12.6 Å². The van der Waals surface area contributed by atoms with E-state index in [0.717, 1.165) is 12.0 Å². The zero-order chi connectivity index (χ0) is 14.8. The standard InChI is InChI=1S/C16H20N2O2/c1-5-20-15(19)14(17-4)13-12-9-7-6-8-11(12)10-16(2,3)18-13/h6-9H,5,10H2,1-4H3. The number of rotatable bonds is 3. The second-order valence-corrected chi connectivity index (χ2v) is 5.40. The molecule has 2 rings (SSSR count). The van der Waals surface area contributed by atoms with Gasteiger partial charge in [-0.25, -0.2) is 4.79 Å². The Bertz CT molecular complexity index is 586. The van der Waals surface area contributed by atoms with Crippen molar-refractivity contribution in [3.05, 3.63) is 35.4 Å². The molecule has 0 bridgehead atoms. The number of esters is 1. The summed E-state index contributed by atoms with van der Waals surface area (Å²) >= 11 is 0. The zero-order valence-electron chi connectivity index (χ0n) is 12.4. The molecule has 1 aromatic rings. The largest absolute Gasteiger partial charge is 0.461 e. The SMILES string of the molecule is CCOC(=O)C(=NC)C1=NC(C)(C)Cc2ccccc21. The van der Waals surface area contributed by atoms with E-state index in [9.17, 15) is 4.79 Å². The Hall–Kier alpha value is -1.97. The summed E-state index contributed by atoms with van der Waals surface area (Å²) in [5, 5.41) is 0. The lowest BCUT2D eigenvalue weighted by molar-refractivity contribution is -0.134. The molecule has 0 unspecified atom stereocenters. The lowest BCUT2D eigenvalue weighted by atomic mass is 9.85. The molecule has 1 aliphatic heterocycles. The molecule has 0 saturated carbocycles. The van der Waals surface area contributed by atoms with Crippen LogP contribution in [0.2, 0.25) is 0 Å². The highest BCUT2D eigenvalue weighted by molar-refractivity contribution is 6.69. The van der Waals surface area contributed by atoms with Gasteiger partial charge < -0.3 is 4.74 Å². The van der Waals surface area contributed by atoms with Gasteiger partial charge in [0.15, 0.2) is 5.71 Å². The number of carbonyl (C=O) groups excluding carboxylic acids is 1. The van der Waals surface area contributed by atoms with Crippen LogP contribution in [-0.4, -0.2) is 36.6 Å². The maximum absolute atomic E-state index is 12.1. The predicted molar refractivity (Wildman–Crippen MR) is 80.8 cm³/mol. The molecule has 0 fully saturated rings. The Morgan fingerprint density at radius 3 is 2.75 bits per heavy atom. The first-order chi connectivity index (χ1) is 9.48. The molecule has 4 heteroatoms. The fraction of sp³-hybridized carbons (Fsp3) is 0.438. The Labute approximate surface area is 119 Å². The minimum atomic E-state index is -0.416. The maximum atomic E-state index is 12.1. The number of ether oxygens (including phenoxy) is 1. The number of fused-ring (bicyclic) bond motifs is 1. The minimum absolute atomic E-state index is 0.244. The van der Waals surface area contributed by atoms with Crippen molar-refractivity contribution in [3.8, 4) is 0 Å². The minimum Gasteiger partial charge on any atom is -0.461 e. The van der Waals surface area contributed by atoms with Gasteiger partial charge in [-0.1, -0.05) is 24.3 Å². The van der Waals surface area contributed by atoms with Crippen molar-refractivity contribution in [1.29, 1.82) is 0 Å². The summed E-state index contributed by atoms with van der Waals surface area (Å²) in [4.78, 5) is 20.9. The number of nitrogens with zero attached hydrogens (tertiary/aromatic N) is 2. The smallest absolute Gasteiger partial charge is 0.358 e. The van der Waals surface area contributed by atoms with E-state index in [4.69, 9.17) is 9.73 Å². The summed E-state index contributed by atoms with van der Waals surface area (Å²) in [6.45, 7) is 6.23. The highest BCUT2D eigenvalue weighted by Gasteiger charge is 2.31. The zero-order valence-corrected chi connectivity index (χ0v) is 12.4. The molecule has 106 valence electrons. The van der Waals surface area contributed by atoms with Crippen molar-refractivity contribution in [3.63, 3.8) is 0 Å². The van der Waals surface area contributed by atoms with Crippen LogP contribution in [-0.2, 0) is 16.0 Å². The van der Waals surface area contributed by atoms with Crippen molar-refractivity contribution in [2.75, 3.05) is 13.7 Å². The Morgan fingerprint density at radius 1 is 1.40 bits per heavy atom. The van der Waals surface area contributed by atoms with Crippen LogP contribution in [0.3, 0.4) is 0 Å². The number of aliphatic imine (C=N–C) groups is 2. The van der Waals surface area contributed by atoms with Gasteiger partial charge >= 0.3 is 5.97 Å². The van der Waals surface area contributed by atoms with Crippen molar-refractivity contribution in [2.45, 2.75) is 32.7 Å². The fourth-order valence-electron chi connectivity index (χ4n) is 2.45. The summed E-state index contributed by atoms with van der Waals surface area (Å²) in [5.74, 6) is -0.416. The molecule has 0 radical (unpaired) electrons. The summed E-state index contributed by atoms with van der Waals surface area (Å²) in [6, 6.07) is 8.01. The molecular weight excluding hydrogens is 252 g/mol. The summed E-state index contributed by atoms with van der Waals surface area (Å²) < 4.78 is 5.08. The van der Waals surface area contributed by atoms with E-state index in [1.165, 1.54) is 5.56 Å². The third kappa shape index (κ3) is 2.79. The quantitative estimate of drug-likeness (QED) is 0.627. The van der Waals surface area contributed by atoms with Gasteiger partial charge in [-0.3, -0.25) is 9.98 Å². The van der Waals surface area contributed by atoms with E-state index in [1.807, 2.05) is 18.2 Å². The van der Waals surface area contributed by atoms with E-state index >= 15 is 0 Å². The summed E-state index contributed by atoms with van der Waals surface area (Å²) in [7, 11) is 1.60. The van der Waals surface area contributed by atoms with Gasteiger partial charge in [-0.05, 0) is 32.8 Å². The van der Waals surface area contributed by atoms with Gasteiger partial charge in [0.05, 0.1) is 17.9 Å². The molecular formula is C16H20N2O2. The van der Waals surface area contributed by atoms with E-state index in [1.54, 1.807) is 14.0 Å². The van der Waals surface area contributed by atoms with Crippen molar-refractivity contribution < 1.29 is 9.53 Å². The fourth-order valence-corrected chi connectivity index (χ4v) is 2.45. The average Bonchev–Trinajstić information content (AvgIpc) is 2.38. The van der Waals surface area contributed by atoms with Crippen LogP contribution >= 0.6 is 0 Å². The van der Waals surface area contributed by atoms with Crippen LogP contribution < -0.4 is 0 Å². The van der Waals surface area contributed by atoms with Gasteiger partial charge in [-0.15, -0.1) is 0 Å². The van der Waals surface area contributed by atoms with Crippen LogP contribution in [0.25, 0.3) is 0 Å². The van der Waals surface area contributed by atoms with E-state index < -0.39 is 5.97 Å². The number of carbonyl (C=O) groups is 1. The summed E-state index contributed by atoms with van der Waals surface area (Å²) in [5.41, 5.74) is 2.85. The summed E-state index contributed by atoms with van der Waals surface area (Å²) in [6.07, 6.45) is 0.854. The van der Waals surface area contributed by atoms with E-state index in [-0.39, 0.29) is 5.54 Å². The maximum Gasteiger partial charge on any atom is 0.358 e. The molecule has 0 saturated heterocycles. The monoisotopic (exact) mass is 272 g/mol. The van der Waals surface area contributed by atoms with Gasteiger partial charge in [-0.2, -0.15) is 0 Å². The molecule has 1 aliphatic rings. The molecule has 0 N–H and O–H groups in total. The van der Waals surface area contributed by atoms with Gasteiger partial charge in [0.2, 0.25) is 0 Å². The molecule has 0 spiro atoms. The first-order valence-corrected chi connectivity index (χ1v) is 6.81. The molecule has 1 aromatic carbocycles. The molecule has 1 heterocycles. The second-order valence-electron chi connectivity index (χ2n) is 5.40. The van der Waals surface area contributed by atoms with E-state index in [0.29, 0.717) is 18.0 Å². The van der Waals surface area contributed by atoms with Crippen molar-refractivity contribution >= 4 is 17.4 Å². The lowest BCUT2D eigenvalue weighted by Crippen LogP contribution is -2.36. The van der Waals surface area contributed by atoms with Gasteiger partial charge in [0.25, 0.3) is 0 Å². The predicted octanol–water partition coefficient (Wildman–Crippen LogP) is 2.44. The normalized spacial score (nSPS) is 17.2. The van der Waals surface area contributed by atoms with Crippen LogP contribution in [0.15, 0.2) is 34.3 Å². The molecule has 4 nitrogen and oxygen atoms in total. The van der Waals surface area contributed by atoms with Crippen LogP contribution in [0.4, 0.5) is 0 Å². The second kappa shape index (κ2) is 5.57. The van der Waals surface area contributed by atoms with Gasteiger partial charge in [0.1, 0.15) is 0 Å².